The molecule has 0 aliphatic heterocycles. The average Bonchev–Trinajstić information content (AvgIpc) is 2.42. The molecule has 0 aliphatic rings. The first-order valence-electron chi connectivity index (χ1n) is 7.31. The van der Waals surface area contributed by atoms with E-state index < -0.39 is 0 Å². The Bertz CT molecular complexity index is 558. The average molecular weight is 270 g/mol. The minimum absolute atomic E-state index is 0.127. The maximum absolute atomic E-state index is 9.37. The number of benzene rings is 1. The summed E-state index contributed by atoms with van der Waals surface area (Å²) in [7, 11) is 0. The third kappa shape index (κ3) is 3.38. The van der Waals surface area contributed by atoms with Gasteiger partial charge in [0, 0.05) is 32.4 Å². The van der Waals surface area contributed by atoms with E-state index in [9.17, 15) is 5.11 Å². The molecule has 0 fully saturated rings. The normalized spacial score (nSPS) is 11.6. The maximum atomic E-state index is 9.37. The van der Waals surface area contributed by atoms with Crippen LogP contribution in [0.5, 0.6) is 5.75 Å². The number of pyridine rings is 1. The molecule has 0 saturated heterocycles. The van der Waals surface area contributed by atoms with E-state index in [0.717, 1.165) is 12.8 Å². The predicted octanol–water partition coefficient (Wildman–Crippen LogP) is 3.81. The summed E-state index contributed by atoms with van der Waals surface area (Å²) in [5.41, 5.74) is 2.65. The van der Waals surface area contributed by atoms with Crippen molar-refractivity contribution in [2.24, 2.45) is 0 Å². The molecular weight excluding hydrogens is 246 g/mol. The first kappa shape index (κ1) is 14.6. The number of aromatic hydroxyl groups is 1. The molecule has 0 amide bonds. The van der Waals surface area contributed by atoms with Crippen LogP contribution in [0.15, 0.2) is 48.7 Å². The molecule has 1 N–H and O–H groups in total. The molecule has 2 heteroatoms. The summed E-state index contributed by atoms with van der Waals surface area (Å²) < 4.78 is 2.38. The Morgan fingerprint density at radius 3 is 2.40 bits per heavy atom. The van der Waals surface area contributed by atoms with E-state index in [1.165, 1.54) is 17.7 Å². The van der Waals surface area contributed by atoms with Crippen LogP contribution in [-0.2, 0) is 12.0 Å². The molecule has 1 aromatic heterocycles. The molecule has 2 aromatic rings. The van der Waals surface area contributed by atoms with Gasteiger partial charge in [-0.15, -0.1) is 0 Å². The lowest BCUT2D eigenvalue weighted by Crippen LogP contribution is -2.54. The number of phenols is 1. The van der Waals surface area contributed by atoms with Gasteiger partial charge in [0.25, 0.3) is 0 Å². The van der Waals surface area contributed by atoms with Gasteiger partial charge in [-0.1, -0.05) is 25.1 Å². The Hall–Kier alpha value is -1.83. The van der Waals surface area contributed by atoms with Crippen LogP contribution >= 0.6 is 0 Å². The SMILES string of the molecule is CCCC(C)(C)[n+]1ccccc1Cc1ccc(O)cc1. The lowest BCUT2D eigenvalue weighted by molar-refractivity contribution is -0.764. The number of hydrogen-bond acceptors (Lipinski definition) is 1. The molecule has 2 rings (SSSR count). The molecule has 20 heavy (non-hydrogen) atoms. The van der Waals surface area contributed by atoms with Crippen LogP contribution in [0.2, 0.25) is 0 Å². The van der Waals surface area contributed by atoms with E-state index in [2.05, 4.69) is 49.7 Å². The van der Waals surface area contributed by atoms with Crippen molar-refractivity contribution >= 4 is 0 Å². The van der Waals surface area contributed by atoms with Gasteiger partial charge in [-0.3, -0.25) is 0 Å². The van der Waals surface area contributed by atoms with Gasteiger partial charge in [0.1, 0.15) is 5.75 Å². The summed E-state index contributed by atoms with van der Waals surface area (Å²) in [4.78, 5) is 0. The zero-order valence-electron chi connectivity index (χ0n) is 12.6. The van der Waals surface area contributed by atoms with Gasteiger partial charge >= 0.3 is 0 Å². The predicted molar refractivity (Wildman–Crippen MR) is 81.8 cm³/mol. The van der Waals surface area contributed by atoms with Crippen molar-refractivity contribution in [2.45, 2.75) is 45.6 Å². The number of aromatic nitrogens is 1. The Kier molecular flexibility index (Phi) is 4.43. The number of hydrogen-bond donors (Lipinski definition) is 1. The highest BCUT2D eigenvalue weighted by atomic mass is 16.3. The number of nitrogens with zero attached hydrogens (tertiary/aromatic N) is 1. The highest BCUT2D eigenvalue weighted by Gasteiger charge is 2.29. The van der Waals surface area contributed by atoms with Crippen LogP contribution in [0.4, 0.5) is 0 Å². The smallest absolute Gasteiger partial charge is 0.186 e. The topological polar surface area (TPSA) is 24.1 Å². The van der Waals surface area contributed by atoms with Crippen LogP contribution in [0.1, 0.15) is 44.9 Å². The molecule has 1 heterocycles. The van der Waals surface area contributed by atoms with Gasteiger partial charge in [-0.2, -0.15) is 4.57 Å². The summed E-state index contributed by atoms with van der Waals surface area (Å²) in [5, 5.41) is 9.37. The summed E-state index contributed by atoms with van der Waals surface area (Å²) >= 11 is 0. The van der Waals surface area contributed by atoms with E-state index in [1.54, 1.807) is 12.1 Å². The van der Waals surface area contributed by atoms with Crippen LogP contribution in [0.25, 0.3) is 0 Å². The van der Waals surface area contributed by atoms with Crippen molar-refractivity contribution in [2.75, 3.05) is 0 Å². The largest absolute Gasteiger partial charge is 0.508 e. The summed E-state index contributed by atoms with van der Waals surface area (Å²) in [6.07, 6.45) is 5.39. The van der Waals surface area contributed by atoms with E-state index >= 15 is 0 Å². The number of phenolic OH excluding ortho intramolecular Hbond substituents is 1. The highest BCUT2D eigenvalue weighted by Crippen LogP contribution is 2.17. The fourth-order valence-electron chi connectivity index (χ4n) is 2.77. The third-order valence-electron chi connectivity index (χ3n) is 3.78. The zero-order valence-corrected chi connectivity index (χ0v) is 12.6. The van der Waals surface area contributed by atoms with Crippen molar-refractivity contribution in [3.05, 3.63) is 59.9 Å². The molecule has 106 valence electrons. The summed E-state index contributed by atoms with van der Waals surface area (Å²) in [5.74, 6) is 0.320. The molecule has 2 nitrogen and oxygen atoms in total. The van der Waals surface area contributed by atoms with Gasteiger partial charge in [0.2, 0.25) is 0 Å². The quantitative estimate of drug-likeness (QED) is 0.821. The van der Waals surface area contributed by atoms with Crippen LogP contribution in [0.3, 0.4) is 0 Å². The molecule has 0 radical (unpaired) electrons. The minimum Gasteiger partial charge on any atom is -0.508 e. The monoisotopic (exact) mass is 270 g/mol. The van der Waals surface area contributed by atoms with Crippen LogP contribution in [-0.4, -0.2) is 5.11 Å². The van der Waals surface area contributed by atoms with Gasteiger partial charge in [-0.25, -0.2) is 0 Å². The molecule has 0 aliphatic carbocycles. The van der Waals surface area contributed by atoms with Crippen molar-refractivity contribution in [1.82, 2.24) is 0 Å². The van der Waals surface area contributed by atoms with Gasteiger partial charge < -0.3 is 5.11 Å². The van der Waals surface area contributed by atoms with Crippen LogP contribution < -0.4 is 4.57 Å². The van der Waals surface area contributed by atoms with Crippen molar-refractivity contribution in [3.63, 3.8) is 0 Å². The zero-order chi connectivity index (χ0) is 14.6. The Labute approximate surface area is 121 Å². The standard InChI is InChI=1S/C18H23NO/c1-4-12-18(2,3)19-13-6-5-7-16(19)14-15-8-10-17(20)11-9-15/h5-11,13H,4,12,14H2,1-3H3/p+1. The molecular formula is C18H24NO+. The van der Waals surface area contributed by atoms with Gasteiger partial charge in [-0.05, 0) is 24.1 Å². The Balaban J connectivity index is 2.30. The second-order valence-corrected chi connectivity index (χ2v) is 5.97. The lowest BCUT2D eigenvalue weighted by Gasteiger charge is -2.21. The summed E-state index contributed by atoms with van der Waals surface area (Å²) in [6, 6.07) is 13.8. The first-order chi connectivity index (χ1) is 9.53. The van der Waals surface area contributed by atoms with E-state index in [-0.39, 0.29) is 5.54 Å². The molecule has 0 atom stereocenters. The number of rotatable bonds is 5. The van der Waals surface area contributed by atoms with Crippen molar-refractivity contribution in [3.8, 4) is 5.75 Å². The second kappa shape index (κ2) is 6.08. The maximum Gasteiger partial charge on any atom is 0.186 e. The first-order valence-corrected chi connectivity index (χ1v) is 7.31. The summed E-state index contributed by atoms with van der Waals surface area (Å²) in [6.45, 7) is 6.80. The van der Waals surface area contributed by atoms with Gasteiger partial charge in [0.15, 0.2) is 17.4 Å². The second-order valence-electron chi connectivity index (χ2n) is 5.97. The Morgan fingerprint density at radius 1 is 1.05 bits per heavy atom. The molecule has 0 spiro atoms. The molecule has 0 bridgehead atoms. The molecule has 0 unspecified atom stereocenters. The van der Waals surface area contributed by atoms with E-state index in [1.807, 2.05) is 12.1 Å². The van der Waals surface area contributed by atoms with Gasteiger partial charge in [0.05, 0.1) is 6.42 Å². The van der Waals surface area contributed by atoms with Crippen LogP contribution in [0, 0.1) is 0 Å². The Morgan fingerprint density at radius 2 is 1.75 bits per heavy atom. The minimum atomic E-state index is 0.127. The molecule has 1 aromatic carbocycles. The fourth-order valence-corrected chi connectivity index (χ4v) is 2.77. The lowest BCUT2D eigenvalue weighted by atomic mass is 9.96. The van der Waals surface area contributed by atoms with Crippen molar-refractivity contribution < 1.29 is 9.67 Å². The van der Waals surface area contributed by atoms with E-state index in [0.29, 0.717) is 5.75 Å². The molecule has 0 saturated carbocycles. The van der Waals surface area contributed by atoms with E-state index in [4.69, 9.17) is 0 Å². The fraction of sp³-hybridized carbons (Fsp3) is 0.389. The third-order valence-corrected chi connectivity index (χ3v) is 3.78. The highest BCUT2D eigenvalue weighted by molar-refractivity contribution is 5.28. The van der Waals surface area contributed by atoms with Crippen molar-refractivity contribution in [1.29, 1.82) is 0 Å².